The summed E-state index contributed by atoms with van der Waals surface area (Å²) in [4.78, 5) is 2.17. The third kappa shape index (κ3) is 4.75. The van der Waals surface area contributed by atoms with Gasteiger partial charge in [-0.3, -0.25) is 4.90 Å². The molecule has 0 aliphatic rings. The van der Waals surface area contributed by atoms with Crippen molar-refractivity contribution in [1.29, 1.82) is 0 Å². The van der Waals surface area contributed by atoms with E-state index in [-0.39, 0.29) is 5.82 Å². The van der Waals surface area contributed by atoms with Crippen LogP contribution < -0.4 is 5.32 Å². The lowest BCUT2D eigenvalue weighted by Gasteiger charge is -2.26. The first-order chi connectivity index (χ1) is 8.54. The Morgan fingerprint density at radius 2 is 1.94 bits per heavy atom. The van der Waals surface area contributed by atoms with Crippen LogP contribution in [0.25, 0.3) is 0 Å². The zero-order valence-corrected chi connectivity index (χ0v) is 11.9. The molecule has 1 rings (SSSR count). The highest BCUT2D eigenvalue weighted by atomic mass is 19.1. The van der Waals surface area contributed by atoms with Crippen LogP contribution in [0.3, 0.4) is 0 Å². The minimum Gasteiger partial charge on any atom is -0.313 e. The number of benzene rings is 1. The van der Waals surface area contributed by atoms with E-state index < -0.39 is 0 Å². The molecule has 2 unspecified atom stereocenters. The maximum atomic E-state index is 13.5. The van der Waals surface area contributed by atoms with Gasteiger partial charge in [-0.1, -0.05) is 25.1 Å². The van der Waals surface area contributed by atoms with Gasteiger partial charge in [0.05, 0.1) is 0 Å². The first-order valence-corrected chi connectivity index (χ1v) is 6.71. The first kappa shape index (κ1) is 15.1. The highest BCUT2D eigenvalue weighted by Gasteiger charge is 2.12. The molecular formula is C15H25FN2. The number of rotatable bonds is 7. The summed E-state index contributed by atoms with van der Waals surface area (Å²) in [5.41, 5.74) is 0.760. The molecule has 0 aliphatic carbocycles. The molecule has 1 N–H and O–H groups in total. The Morgan fingerprint density at radius 3 is 2.56 bits per heavy atom. The van der Waals surface area contributed by atoms with Crippen LogP contribution in [-0.2, 0) is 6.54 Å². The number of halogens is 1. The van der Waals surface area contributed by atoms with Gasteiger partial charge in [-0.15, -0.1) is 0 Å². The number of nitrogens with zero attached hydrogens (tertiary/aromatic N) is 1. The van der Waals surface area contributed by atoms with Crippen molar-refractivity contribution in [3.05, 3.63) is 35.6 Å². The van der Waals surface area contributed by atoms with Crippen LogP contribution in [0.5, 0.6) is 0 Å². The van der Waals surface area contributed by atoms with Gasteiger partial charge in [0, 0.05) is 30.7 Å². The third-order valence-electron chi connectivity index (χ3n) is 3.50. The zero-order valence-electron chi connectivity index (χ0n) is 11.9. The summed E-state index contributed by atoms with van der Waals surface area (Å²) in [5, 5.41) is 3.48. The van der Waals surface area contributed by atoms with Crippen LogP contribution in [0.1, 0.15) is 32.8 Å². The van der Waals surface area contributed by atoms with E-state index in [2.05, 4.69) is 31.0 Å². The Hall–Kier alpha value is -0.930. The van der Waals surface area contributed by atoms with Crippen molar-refractivity contribution in [3.63, 3.8) is 0 Å². The van der Waals surface area contributed by atoms with Gasteiger partial charge in [-0.25, -0.2) is 4.39 Å². The fraction of sp³-hybridized carbons (Fsp3) is 0.600. The Bertz CT molecular complexity index is 354. The number of hydrogen-bond donors (Lipinski definition) is 1. The highest BCUT2D eigenvalue weighted by Crippen LogP contribution is 2.10. The fourth-order valence-corrected chi connectivity index (χ4v) is 1.72. The maximum absolute atomic E-state index is 13.5. The van der Waals surface area contributed by atoms with Gasteiger partial charge in [-0.05, 0) is 33.4 Å². The summed E-state index contributed by atoms with van der Waals surface area (Å²) in [7, 11) is 2.04. The summed E-state index contributed by atoms with van der Waals surface area (Å²) in [5.74, 6) is -0.119. The van der Waals surface area contributed by atoms with Gasteiger partial charge in [-0.2, -0.15) is 0 Å². The van der Waals surface area contributed by atoms with E-state index in [0.717, 1.165) is 18.5 Å². The largest absolute Gasteiger partial charge is 0.313 e. The standard InChI is InChI=1S/C15H25FN2/c1-5-12(2)17-10-13(3)18(4)11-14-8-6-7-9-15(14)16/h6-9,12-13,17H,5,10-11H2,1-4H3. The molecule has 0 radical (unpaired) electrons. The molecule has 2 atom stereocenters. The Kier molecular flexibility index (Phi) is 6.30. The Balaban J connectivity index is 2.45. The maximum Gasteiger partial charge on any atom is 0.127 e. The first-order valence-electron chi connectivity index (χ1n) is 6.71. The molecule has 0 fully saturated rings. The molecule has 0 saturated carbocycles. The van der Waals surface area contributed by atoms with Crippen molar-refractivity contribution in [1.82, 2.24) is 10.2 Å². The predicted octanol–water partition coefficient (Wildman–Crippen LogP) is 3.03. The third-order valence-corrected chi connectivity index (χ3v) is 3.50. The highest BCUT2D eigenvalue weighted by molar-refractivity contribution is 5.17. The molecule has 0 bridgehead atoms. The monoisotopic (exact) mass is 252 g/mol. The second kappa shape index (κ2) is 7.49. The molecule has 1 aromatic carbocycles. The molecule has 0 aliphatic heterocycles. The fourth-order valence-electron chi connectivity index (χ4n) is 1.72. The van der Waals surface area contributed by atoms with Gasteiger partial charge in [0.15, 0.2) is 0 Å². The van der Waals surface area contributed by atoms with Crippen molar-refractivity contribution in [3.8, 4) is 0 Å². The lowest BCUT2D eigenvalue weighted by molar-refractivity contribution is 0.235. The normalized spacial score (nSPS) is 14.8. The molecule has 0 heterocycles. The van der Waals surface area contributed by atoms with Crippen LogP contribution in [-0.4, -0.2) is 30.6 Å². The summed E-state index contributed by atoms with van der Waals surface area (Å²) in [6, 6.07) is 7.90. The minimum atomic E-state index is -0.119. The van der Waals surface area contributed by atoms with E-state index in [9.17, 15) is 4.39 Å². The summed E-state index contributed by atoms with van der Waals surface area (Å²) >= 11 is 0. The van der Waals surface area contributed by atoms with Gasteiger partial charge in [0.25, 0.3) is 0 Å². The predicted molar refractivity (Wildman–Crippen MR) is 75.1 cm³/mol. The van der Waals surface area contributed by atoms with Crippen LogP contribution >= 0.6 is 0 Å². The van der Waals surface area contributed by atoms with Crippen molar-refractivity contribution < 1.29 is 4.39 Å². The molecule has 18 heavy (non-hydrogen) atoms. The van der Waals surface area contributed by atoms with Gasteiger partial charge in [0.2, 0.25) is 0 Å². The Morgan fingerprint density at radius 1 is 1.28 bits per heavy atom. The molecule has 3 heteroatoms. The van der Waals surface area contributed by atoms with E-state index in [1.54, 1.807) is 6.07 Å². The Labute approximate surface area is 110 Å². The smallest absolute Gasteiger partial charge is 0.127 e. The molecular weight excluding hydrogens is 227 g/mol. The van der Waals surface area contributed by atoms with Crippen molar-refractivity contribution in [2.45, 2.75) is 45.8 Å². The second-order valence-corrected chi connectivity index (χ2v) is 5.07. The van der Waals surface area contributed by atoms with Gasteiger partial charge < -0.3 is 5.32 Å². The molecule has 2 nitrogen and oxygen atoms in total. The second-order valence-electron chi connectivity index (χ2n) is 5.07. The molecule has 102 valence electrons. The van der Waals surface area contributed by atoms with E-state index in [4.69, 9.17) is 0 Å². The summed E-state index contributed by atoms with van der Waals surface area (Å²) in [6.45, 7) is 8.10. The number of nitrogens with one attached hydrogen (secondary N) is 1. The summed E-state index contributed by atoms with van der Waals surface area (Å²) in [6.07, 6.45) is 1.13. The molecule has 0 saturated heterocycles. The number of hydrogen-bond acceptors (Lipinski definition) is 2. The lowest BCUT2D eigenvalue weighted by atomic mass is 10.1. The molecule has 1 aromatic rings. The van der Waals surface area contributed by atoms with Crippen LogP contribution in [0, 0.1) is 5.82 Å². The average Bonchev–Trinajstić information content (AvgIpc) is 2.38. The molecule has 0 amide bonds. The van der Waals surface area contributed by atoms with Crippen LogP contribution in [0.2, 0.25) is 0 Å². The number of likely N-dealkylation sites (N-methyl/N-ethyl adjacent to an activating group) is 1. The van der Waals surface area contributed by atoms with Crippen molar-refractivity contribution in [2.24, 2.45) is 0 Å². The van der Waals surface area contributed by atoms with E-state index in [1.165, 1.54) is 6.07 Å². The van der Waals surface area contributed by atoms with E-state index >= 15 is 0 Å². The average molecular weight is 252 g/mol. The topological polar surface area (TPSA) is 15.3 Å². The van der Waals surface area contributed by atoms with E-state index in [0.29, 0.717) is 18.6 Å². The molecule has 0 aromatic heterocycles. The summed E-state index contributed by atoms with van der Waals surface area (Å²) < 4.78 is 13.5. The van der Waals surface area contributed by atoms with Crippen molar-refractivity contribution >= 4 is 0 Å². The van der Waals surface area contributed by atoms with Crippen LogP contribution in [0.4, 0.5) is 4.39 Å². The van der Waals surface area contributed by atoms with Gasteiger partial charge in [0.1, 0.15) is 5.82 Å². The van der Waals surface area contributed by atoms with Crippen molar-refractivity contribution in [2.75, 3.05) is 13.6 Å². The minimum absolute atomic E-state index is 0.119. The quantitative estimate of drug-likeness (QED) is 0.802. The lowest BCUT2D eigenvalue weighted by Crippen LogP contribution is -2.40. The van der Waals surface area contributed by atoms with E-state index in [1.807, 2.05) is 19.2 Å². The zero-order chi connectivity index (χ0) is 13.5. The van der Waals surface area contributed by atoms with Gasteiger partial charge >= 0.3 is 0 Å². The van der Waals surface area contributed by atoms with Crippen LogP contribution in [0.15, 0.2) is 24.3 Å². The molecule has 0 spiro atoms. The SMILES string of the molecule is CCC(C)NCC(C)N(C)Cc1ccccc1F.